The third kappa shape index (κ3) is 4.09. The number of methoxy groups -OCH3 is 2. The molecule has 4 amide bonds. The van der Waals surface area contributed by atoms with E-state index in [1.54, 1.807) is 38.5 Å². The van der Waals surface area contributed by atoms with Crippen LogP contribution in [-0.4, -0.2) is 60.7 Å². The van der Waals surface area contributed by atoms with Gasteiger partial charge in [0.1, 0.15) is 11.5 Å². The van der Waals surface area contributed by atoms with Gasteiger partial charge in [-0.15, -0.1) is 0 Å². The molecule has 0 aliphatic carbocycles. The van der Waals surface area contributed by atoms with Crippen molar-refractivity contribution in [3.8, 4) is 11.5 Å². The molecule has 0 fully saturated rings. The molecule has 0 saturated heterocycles. The second-order valence-corrected chi connectivity index (χ2v) is 9.80. The summed E-state index contributed by atoms with van der Waals surface area (Å²) in [6.45, 7) is 0.371. The van der Waals surface area contributed by atoms with Crippen LogP contribution in [0.15, 0.2) is 72.8 Å². The monoisotopic (exact) mass is 534 g/mol. The zero-order chi connectivity index (χ0) is 28.0. The van der Waals surface area contributed by atoms with E-state index in [-0.39, 0.29) is 13.1 Å². The normalized spacial score (nSPS) is 14.2. The number of rotatable bonds is 8. The van der Waals surface area contributed by atoms with Crippen LogP contribution in [-0.2, 0) is 12.8 Å². The maximum absolute atomic E-state index is 13.5. The van der Waals surface area contributed by atoms with Gasteiger partial charge in [0.15, 0.2) is 0 Å². The predicted octanol–water partition coefficient (Wildman–Crippen LogP) is 4.53. The van der Waals surface area contributed by atoms with Crippen molar-refractivity contribution in [2.75, 3.05) is 27.3 Å². The summed E-state index contributed by atoms with van der Waals surface area (Å²) < 4.78 is 10.5. The van der Waals surface area contributed by atoms with Gasteiger partial charge in [0.25, 0.3) is 23.6 Å². The van der Waals surface area contributed by atoms with Crippen LogP contribution in [0.3, 0.4) is 0 Å². The van der Waals surface area contributed by atoms with Crippen LogP contribution in [0.25, 0.3) is 10.8 Å². The molecule has 2 aliphatic rings. The summed E-state index contributed by atoms with van der Waals surface area (Å²) in [5.41, 5.74) is 3.11. The Hall–Kier alpha value is -4.98. The Bertz CT molecular complexity index is 1530. The number of carbonyl (C=O) groups excluding carboxylic acids is 4. The lowest BCUT2D eigenvalue weighted by Crippen LogP contribution is -2.44. The van der Waals surface area contributed by atoms with Gasteiger partial charge < -0.3 is 9.47 Å². The van der Waals surface area contributed by atoms with Crippen LogP contribution < -0.4 is 9.47 Å². The van der Waals surface area contributed by atoms with Crippen LogP contribution in [0.1, 0.15) is 52.6 Å². The van der Waals surface area contributed by atoms with E-state index in [1.165, 1.54) is 9.80 Å². The van der Waals surface area contributed by atoms with Crippen LogP contribution in [0.5, 0.6) is 11.5 Å². The molecule has 0 radical (unpaired) electrons. The molecule has 6 rings (SSSR count). The quantitative estimate of drug-likeness (QED) is 0.308. The van der Waals surface area contributed by atoms with Crippen molar-refractivity contribution < 1.29 is 28.7 Å². The molecule has 0 spiro atoms. The molecular weight excluding hydrogens is 508 g/mol. The maximum Gasteiger partial charge on any atom is 0.261 e. The van der Waals surface area contributed by atoms with Gasteiger partial charge in [-0.25, -0.2) is 0 Å². The molecule has 2 heterocycles. The largest absolute Gasteiger partial charge is 0.497 e. The molecule has 0 unspecified atom stereocenters. The molecule has 2 aliphatic heterocycles. The van der Waals surface area contributed by atoms with E-state index in [0.717, 1.165) is 11.1 Å². The van der Waals surface area contributed by atoms with E-state index in [0.29, 0.717) is 57.4 Å². The number of hydrogen-bond donors (Lipinski definition) is 0. The van der Waals surface area contributed by atoms with Crippen molar-refractivity contribution in [1.29, 1.82) is 0 Å². The molecule has 0 N–H and O–H groups in total. The molecule has 0 aromatic heterocycles. The number of ether oxygens (including phenoxy) is 2. The highest BCUT2D eigenvalue weighted by atomic mass is 16.5. The van der Waals surface area contributed by atoms with E-state index >= 15 is 0 Å². The summed E-state index contributed by atoms with van der Waals surface area (Å²) >= 11 is 0. The van der Waals surface area contributed by atoms with E-state index in [2.05, 4.69) is 0 Å². The fourth-order valence-electron chi connectivity index (χ4n) is 5.52. The second-order valence-electron chi connectivity index (χ2n) is 9.80. The van der Waals surface area contributed by atoms with E-state index in [4.69, 9.17) is 9.47 Å². The molecule has 200 valence electrons. The molecule has 0 atom stereocenters. The molecule has 0 bridgehead atoms. The molecule has 0 saturated carbocycles. The van der Waals surface area contributed by atoms with Gasteiger partial charge in [0.2, 0.25) is 0 Å². The highest BCUT2D eigenvalue weighted by molar-refractivity contribution is 6.33. The third-order valence-electron chi connectivity index (χ3n) is 7.58. The van der Waals surface area contributed by atoms with Crippen molar-refractivity contribution in [3.63, 3.8) is 0 Å². The Morgan fingerprint density at radius 1 is 0.525 bits per heavy atom. The van der Waals surface area contributed by atoms with Crippen LogP contribution >= 0.6 is 0 Å². The number of carbonyl (C=O) groups is 4. The number of benzene rings is 4. The zero-order valence-electron chi connectivity index (χ0n) is 22.1. The summed E-state index contributed by atoms with van der Waals surface area (Å²) in [4.78, 5) is 56.5. The first-order valence-electron chi connectivity index (χ1n) is 13.0. The van der Waals surface area contributed by atoms with Gasteiger partial charge >= 0.3 is 0 Å². The number of hydrogen-bond acceptors (Lipinski definition) is 6. The van der Waals surface area contributed by atoms with Crippen molar-refractivity contribution in [3.05, 3.63) is 106 Å². The van der Waals surface area contributed by atoms with Gasteiger partial charge in [-0.05, 0) is 72.5 Å². The summed E-state index contributed by atoms with van der Waals surface area (Å²) in [6.07, 6.45) is 0.922. The lowest BCUT2D eigenvalue weighted by molar-refractivity contribution is 0.0590. The van der Waals surface area contributed by atoms with E-state index < -0.39 is 23.6 Å². The Labute approximate surface area is 230 Å². The van der Waals surface area contributed by atoms with Gasteiger partial charge in [-0.2, -0.15) is 0 Å². The zero-order valence-corrected chi connectivity index (χ0v) is 22.1. The molecular formula is C32H26N2O6. The molecule has 4 aromatic carbocycles. The van der Waals surface area contributed by atoms with Gasteiger partial charge in [0, 0.05) is 46.1 Å². The topological polar surface area (TPSA) is 93.2 Å². The molecule has 8 heteroatoms. The first-order chi connectivity index (χ1) is 19.4. The van der Waals surface area contributed by atoms with Crippen LogP contribution in [0, 0.1) is 0 Å². The minimum Gasteiger partial charge on any atom is -0.497 e. The molecule has 40 heavy (non-hydrogen) atoms. The van der Waals surface area contributed by atoms with Gasteiger partial charge in [0.05, 0.1) is 14.2 Å². The van der Waals surface area contributed by atoms with Gasteiger partial charge in [-0.3, -0.25) is 29.0 Å². The molecule has 8 nitrogen and oxygen atoms in total. The summed E-state index contributed by atoms with van der Waals surface area (Å²) in [5, 5.41) is 0.744. The van der Waals surface area contributed by atoms with Crippen molar-refractivity contribution >= 4 is 34.4 Å². The minimum atomic E-state index is -0.440. The summed E-state index contributed by atoms with van der Waals surface area (Å²) in [6, 6.07) is 21.3. The van der Waals surface area contributed by atoms with Crippen molar-refractivity contribution in [2.45, 2.75) is 12.8 Å². The fourth-order valence-corrected chi connectivity index (χ4v) is 5.52. The third-order valence-corrected chi connectivity index (χ3v) is 7.58. The minimum absolute atomic E-state index is 0.186. The number of imide groups is 2. The Morgan fingerprint density at radius 3 is 1.20 bits per heavy atom. The average Bonchev–Trinajstić information content (AvgIpc) is 2.98. The van der Waals surface area contributed by atoms with Gasteiger partial charge in [-0.1, -0.05) is 24.3 Å². The number of amides is 4. The van der Waals surface area contributed by atoms with Crippen molar-refractivity contribution in [1.82, 2.24) is 9.80 Å². The smallest absolute Gasteiger partial charge is 0.261 e. The predicted molar refractivity (Wildman–Crippen MR) is 148 cm³/mol. The lowest BCUT2D eigenvalue weighted by Gasteiger charge is -2.32. The Morgan fingerprint density at radius 2 is 0.875 bits per heavy atom. The number of nitrogens with zero attached hydrogens (tertiary/aromatic N) is 2. The first kappa shape index (κ1) is 25.3. The summed E-state index contributed by atoms with van der Waals surface area (Å²) in [7, 11) is 3.17. The average molecular weight is 535 g/mol. The molecule has 4 aromatic rings. The van der Waals surface area contributed by atoms with E-state index in [9.17, 15) is 19.2 Å². The fraction of sp³-hybridized carbons (Fsp3) is 0.188. The second kappa shape index (κ2) is 9.96. The highest BCUT2D eigenvalue weighted by Crippen LogP contribution is 2.38. The lowest BCUT2D eigenvalue weighted by atomic mass is 9.85. The van der Waals surface area contributed by atoms with Crippen LogP contribution in [0.4, 0.5) is 0 Å². The van der Waals surface area contributed by atoms with E-state index in [1.807, 2.05) is 48.5 Å². The standard InChI is InChI=1S/C32H26N2O6/c1-39-21-7-3-5-19(17-21)13-15-33-29(35)23-9-11-25-28-26(12-10-24(27(23)28)30(33)36)32(38)34(31(25)37)16-14-20-6-4-8-22(18-20)40-2/h3-12,17-18H,13-16H2,1-2H3. The van der Waals surface area contributed by atoms with Crippen LogP contribution in [0.2, 0.25) is 0 Å². The Kier molecular flexibility index (Phi) is 6.30. The van der Waals surface area contributed by atoms with Crippen molar-refractivity contribution in [2.24, 2.45) is 0 Å². The Balaban J connectivity index is 1.30. The first-order valence-corrected chi connectivity index (χ1v) is 13.0. The summed E-state index contributed by atoms with van der Waals surface area (Å²) in [5.74, 6) is -0.363. The SMILES string of the molecule is COc1cccc(CCN2C(=O)c3ccc4c5c(ccc(c35)C2=O)C(=O)N(CCc2cccc(OC)c2)C4=O)c1. The highest BCUT2D eigenvalue weighted by Gasteiger charge is 2.39. The maximum atomic E-state index is 13.5.